The fraction of sp³-hybridized carbons (Fsp3) is 0.636. The first-order valence-corrected chi connectivity index (χ1v) is 6.61. The Morgan fingerprint density at radius 2 is 2.28 bits per heavy atom. The third kappa shape index (κ3) is 6.06. The van der Waals surface area contributed by atoms with E-state index in [0.717, 1.165) is 29.9 Å². The number of hydrogen-bond acceptors (Lipinski definition) is 6. The van der Waals surface area contributed by atoms with Crippen LogP contribution in [0.5, 0.6) is 0 Å². The van der Waals surface area contributed by atoms with E-state index in [1.165, 1.54) is 0 Å². The lowest BCUT2D eigenvalue weighted by atomic mass is 10.3. The van der Waals surface area contributed by atoms with Crippen molar-refractivity contribution in [2.75, 3.05) is 33.5 Å². The second-order valence-electron chi connectivity index (χ2n) is 3.69. The van der Waals surface area contributed by atoms with Gasteiger partial charge in [0.25, 0.3) is 0 Å². The number of ether oxygens (including phenoxy) is 2. The minimum atomic E-state index is -0.363. The molecule has 6 nitrogen and oxygen atoms in total. The summed E-state index contributed by atoms with van der Waals surface area (Å²) in [7, 11) is 1.64. The Kier molecular flexibility index (Phi) is 7.51. The zero-order chi connectivity index (χ0) is 13.2. The van der Waals surface area contributed by atoms with Gasteiger partial charge in [-0.05, 0) is 18.5 Å². The highest BCUT2D eigenvalue weighted by Gasteiger charge is 2.08. The first kappa shape index (κ1) is 15.0. The molecule has 0 saturated heterocycles. The van der Waals surface area contributed by atoms with Crippen LogP contribution in [0.4, 0.5) is 5.00 Å². The third-order valence-corrected chi connectivity index (χ3v) is 3.15. The number of methoxy groups -OCH3 is 1. The van der Waals surface area contributed by atoms with E-state index in [4.69, 9.17) is 9.47 Å². The second kappa shape index (κ2) is 8.98. The topological polar surface area (TPSA) is 73.6 Å². The summed E-state index contributed by atoms with van der Waals surface area (Å²) in [5.41, 5.74) is 0.951. The quantitative estimate of drug-likeness (QED) is 0.400. The van der Waals surface area contributed by atoms with Crippen molar-refractivity contribution in [1.82, 2.24) is 5.32 Å². The van der Waals surface area contributed by atoms with E-state index in [0.29, 0.717) is 26.4 Å². The molecule has 18 heavy (non-hydrogen) atoms. The van der Waals surface area contributed by atoms with Crippen LogP contribution >= 0.6 is 11.3 Å². The van der Waals surface area contributed by atoms with Crippen molar-refractivity contribution in [3.8, 4) is 0 Å². The van der Waals surface area contributed by atoms with Crippen LogP contribution in [-0.4, -0.2) is 38.4 Å². The third-order valence-electron chi connectivity index (χ3n) is 2.22. The van der Waals surface area contributed by atoms with Gasteiger partial charge in [-0.1, -0.05) is 11.3 Å². The monoisotopic (exact) mass is 274 g/mol. The second-order valence-corrected chi connectivity index (χ2v) is 4.58. The van der Waals surface area contributed by atoms with Gasteiger partial charge in [-0.25, -0.2) is 0 Å². The van der Waals surface area contributed by atoms with Gasteiger partial charge in [-0.3, -0.25) is 10.1 Å². The zero-order valence-corrected chi connectivity index (χ0v) is 11.2. The van der Waals surface area contributed by atoms with Gasteiger partial charge < -0.3 is 14.8 Å². The summed E-state index contributed by atoms with van der Waals surface area (Å²) in [6.07, 6.45) is 0.913. The predicted octanol–water partition coefficient (Wildman–Crippen LogP) is 1.80. The predicted molar refractivity (Wildman–Crippen MR) is 70.0 cm³/mol. The van der Waals surface area contributed by atoms with Crippen molar-refractivity contribution < 1.29 is 14.4 Å². The maximum Gasteiger partial charge on any atom is 0.324 e. The summed E-state index contributed by atoms with van der Waals surface area (Å²) in [5.74, 6) is 0. The number of rotatable bonds is 10. The summed E-state index contributed by atoms with van der Waals surface area (Å²) in [6.45, 7) is 3.42. The molecule has 0 radical (unpaired) electrons. The molecule has 0 aliphatic rings. The van der Waals surface area contributed by atoms with E-state index in [9.17, 15) is 10.1 Å². The Bertz CT molecular complexity index is 357. The number of hydrogen-bond donors (Lipinski definition) is 1. The van der Waals surface area contributed by atoms with Crippen molar-refractivity contribution in [2.45, 2.75) is 13.0 Å². The van der Waals surface area contributed by atoms with E-state index in [1.807, 2.05) is 0 Å². The van der Waals surface area contributed by atoms with Crippen LogP contribution in [0, 0.1) is 10.1 Å². The molecular weight excluding hydrogens is 256 g/mol. The first-order valence-electron chi connectivity index (χ1n) is 5.73. The fourth-order valence-electron chi connectivity index (χ4n) is 1.33. The highest BCUT2D eigenvalue weighted by atomic mass is 32.1. The Labute approximate surface area is 110 Å². The van der Waals surface area contributed by atoms with E-state index >= 15 is 0 Å². The summed E-state index contributed by atoms with van der Waals surface area (Å²) in [6, 6.07) is 1.60. The summed E-state index contributed by atoms with van der Waals surface area (Å²) in [5, 5.41) is 15.7. The van der Waals surface area contributed by atoms with Crippen LogP contribution in [0.3, 0.4) is 0 Å². The van der Waals surface area contributed by atoms with Gasteiger partial charge in [-0.15, -0.1) is 0 Å². The van der Waals surface area contributed by atoms with Gasteiger partial charge >= 0.3 is 5.00 Å². The van der Waals surface area contributed by atoms with Crippen LogP contribution in [0.2, 0.25) is 0 Å². The Hall–Kier alpha value is -1.02. The van der Waals surface area contributed by atoms with Gasteiger partial charge in [0.1, 0.15) is 0 Å². The highest BCUT2D eigenvalue weighted by Crippen LogP contribution is 2.22. The van der Waals surface area contributed by atoms with E-state index in [-0.39, 0.29) is 9.92 Å². The molecule has 0 unspecified atom stereocenters. The SMILES string of the molecule is COCCOCCCNCc1csc([N+](=O)[O-])c1. The molecule has 1 aromatic rings. The number of thiophene rings is 1. The van der Waals surface area contributed by atoms with Crippen molar-refractivity contribution >= 4 is 16.3 Å². The molecule has 102 valence electrons. The molecule has 0 atom stereocenters. The van der Waals surface area contributed by atoms with Crippen molar-refractivity contribution in [3.05, 3.63) is 27.1 Å². The van der Waals surface area contributed by atoms with Gasteiger partial charge in [0.2, 0.25) is 0 Å². The lowest BCUT2D eigenvalue weighted by Gasteiger charge is -2.04. The van der Waals surface area contributed by atoms with E-state index in [2.05, 4.69) is 5.32 Å². The molecule has 0 aliphatic heterocycles. The van der Waals surface area contributed by atoms with Crippen LogP contribution in [0.1, 0.15) is 12.0 Å². The molecule has 0 bridgehead atoms. The molecule has 1 heterocycles. The molecule has 0 saturated carbocycles. The molecule has 1 N–H and O–H groups in total. The van der Waals surface area contributed by atoms with Crippen LogP contribution in [0.25, 0.3) is 0 Å². The fourth-order valence-corrected chi connectivity index (χ4v) is 2.06. The largest absolute Gasteiger partial charge is 0.382 e. The zero-order valence-electron chi connectivity index (χ0n) is 10.4. The molecule has 0 aliphatic carbocycles. The smallest absolute Gasteiger partial charge is 0.324 e. The minimum Gasteiger partial charge on any atom is -0.382 e. The summed E-state index contributed by atoms with van der Waals surface area (Å²) < 4.78 is 10.2. The van der Waals surface area contributed by atoms with Crippen molar-refractivity contribution in [2.24, 2.45) is 0 Å². The maximum atomic E-state index is 10.5. The Morgan fingerprint density at radius 1 is 1.44 bits per heavy atom. The van der Waals surface area contributed by atoms with Crippen LogP contribution in [-0.2, 0) is 16.0 Å². The van der Waals surface area contributed by atoms with Gasteiger partial charge in [0.15, 0.2) is 0 Å². The average Bonchev–Trinajstić information content (AvgIpc) is 2.81. The lowest BCUT2D eigenvalue weighted by molar-refractivity contribution is -0.380. The van der Waals surface area contributed by atoms with Crippen LogP contribution < -0.4 is 5.32 Å². The molecule has 1 rings (SSSR count). The number of nitrogens with one attached hydrogen (secondary N) is 1. The average molecular weight is 274 g/mol. The molecular formula is C11H18N2O4S. The lowest BCUT2D eigenvalue weighted by Crippen LogP contribution is -2.16. The number of nitro groups is 1. The molecule has 0 spiro atoms. The highest BCUT2D eigenvalue weighted by molar-refractivity contribution is 7.13. The summed E-state index contributed by atoms with van der Waals surface area (Å²) >= 11 is 1.16. The Balaban J connectivity index is 2.02. The van der Waals surface area contributed by atoms with Gasteiger partial charge in [0, 0.05) is 31.7 Å². The van der Waals surface area contributed by atoms with Gasteiger partial charge in [0.05, 0.1) is 18.1 Å². The van der Waals surface area contributed by atoms with E-state index < -0.39 is 0 Å². The van der Waals surface area contributed by atoms with E-state index in [1.54, 1.807) is 18.6 Å². The normalized spacial score (nSPS) is 10.7. The minimum absolute atomic E-state index is 0.190. The van der Waals surface area contributed by atoms with Crippen molar-refractivity contribution in [3.63, 3.8) is 0 Å². The molecule has 0 amide bonds. The first-order chi connectivity index (χ1) is 8.74. The Morgan fingerprint density at radius 3 is 2.94 bits per heavy atom. The van der Waals surface area contributed by atoms with Crippen molar-refractivity contribution in [1.29, 1.82) is 0 Å². The molecule has 7 heteroatoms. The molecule has 0 aromatic carbocycles. The standard InChI is InChI=1S/C11H18N2O4S/c1-16-5-6-17-4-2-3-12-8-10-7-11(13(14)15)18-9-10/h7,9,12H,2-6,8H2,1H3. The maximum absolute atomic E-state index is 10.5. The van der Waals surface area contributed by atoms with Gasteiger partial charge in [-0.2, -0.15) is 0 Å². The van der Waals surface area contributed by atoms with Crippen LogP contribution in [0.15, 0.2) is 11.4 Å². The molecule has 1 aromatic heterocycles. The number of nitrogens with zero attached hydrogens (tertiary/aromatic N) is 1. The summed E-state index contributed by atoms with van der Waals surface area (Å²) in [4.78, 5) is 10.1. The molecule has 0 fully saturated rings.